The zero-order valence-electron chi connectivity index (χ0n) is 16.4. The molecule has 3 aromatic rings. The molecule has 1 aromatic heterocycles. The summed E-state index contributed by atoms with van der Waals surface area (Å²) >= 11 is 0. The summed E-state index contributed by atoms with van der Waals surface area (Å²) < 4.78 is 0. The molecule has 0 saturated heterocycles. The van der Waals surface area contributed by atoms with Gasteiger partial charge in [0.1, 0.15) is 17.1 Å². The highest BCUT2D eigenvalue weighted by molar-refractivity contribution is 5.96. The van der Waals surface area contributed by atoms with Gasteiger partial charge in [0.2, 0.25) is 0 Å². The minimum atomic E-state index is -1.08. The Balaban J connectivity index is 2.00. The fourth-order valence-electron chi connectivity index (χ4n) is 3.36. The summed E-state index contributed by atoms with van der Waals surface area (Å²) in [6, 6.07) is 14.6. The Morgan fingerprint density at radius 1 is 0.967 bits per heavy atom. The molecule has 154 valence electrons. The Morgan fingerprint density at radius 2 is 1.73 bits per heavy atom. The number of aromatic hydroxyl groups is 1. The summed E-state index contributed by atoms with van der Waals surface area (Å²) in [5.41, 5.74) is 2.01. The number of phenolic OH excluding ortho intramolecular Hbond substituents is 1. The highest BCUT2D eigenvalue weighted by Crippen LogP contribution is 2.29. The molecule has 0 saturated carbocycles. The smallest absolute Gasteiger partial charge is 0.339 e. The Morgan fingerprint density at radius 3 is 2.40 bits per heavy atom. The van der Waals surface area contributed by atoms with Gasteiger partial charge in [-0.1, -0.05) is 31.2 Å². The maximum absolute atomic E-state index is 11.9. The number of nitrogens with zero attached hydrogens (tertiary/aromatic N) is 2. The molecule has 0 radical (unpaired) electrons. The molecule has 2 aromatic carbocycles. The van der Waals surface area contributed by atoms with Gasteiger partial charge in [-0.3, -0.25) is 0 Å². The molecule has 0 fully saturated rings. The molecule has 0 bridgehead atoms. The van der Waals surface area contributed by atoms with Crippen LogP contribution < -0.4 is 4.90 Å². The normalized spacial score (nSPS) is 10.6. The molecule has 1 heterocycles. The third kappa shape index (κ3) is 4.57. The summed E-state index contributed by atoms with van der Waals surface area (Å²) in [6.45, 7) is 2.85. The SMILES string of the molecule is CCCN(Cc1ccc(-c2cccc(O)c2)c(C(=O)O)c1)c1ncccc1C(=O)O. The quantitative estimate of drug-likeness (QED) is 0.512. The van der Waals surface area contributed by atoms with E-state index in [2.05, 4.69) is 4.98 Å². The van der Waals surface area contributed by atoms with Gasteiger partial charge in [0.15, 0.2) is 0 Å². The molecule has 3 N–H and O–H groups in total. The first-order chi connectivity index (χ1) is 14.4. The first-order valence-corrected chi connectivity index (χ1v) is 9.49. The van der Waals surface area contributed by atoms with Crippen molar-refractivity contribution in [3.8, 4) is 16.9 Å². The zero-order chi connectivity index (χ0) is 21.7. The van der Waals surface area contributed by atoms with Crippen LogP contribution in [-0.2, 0) is 6.54 Å². The van der Waals surface area contributed by atoms with Gasteiger partial charge in [-0.2, -0.15) is 0 Å². The van der Waals surface area contributed by atoms with E-state index in [0.29, 0.717) is 35.6 Å². The van der Waals surface area contributed by atoms with Crippen LogP contribution >= 0.6 is 0 Å². The lowest BCUT2D eigenvalue weighted by Gasteiger charge is -2.25. The van der Waals surface area contributed by atoms with Gasteiger partial charge in [-0.25, -0.2) is 14.6 Å². The monoisotopic (exact) mass is 406 g/mol. The number of hydrogen-bond donors (Lipinski definition) is 3. The van der Waals surface area contributed by atoms with Crippen molar-refractivity contribution in [3.05, 3.63) is 77.5 Å². The van der Waals surface area contributed by atoms with E-state index in [4.69, 9.17) is 0 Å². The highest BCUT2D eigenvalue weighted by atomic mass is 16.4. The van der Waals surface area contributed by atoms with Crippen LogP contribution in [0, 0.1) is 0 Å². The van der Waals surface area contributed by atoms with Crippen LogP contribution in [0.15, 0.2) is 60.8 Å². The number of carboxylic acids is 2. The number of phenols is 1. The first-order valence-electron chi connectivity index (χ1n) is 9.49. The van der Waals surface area contributed by atoms with E-state index in [1.165, 1.54) is 24.4 Å². The van der Waals surface area contributed by atoms with E-state index >= 15 is 0 Å². The van der Waals surface area contributed by atoms with Crippen LogP contribution in [0.3, 0.4) is 0 Å². The van der Waals surface area contributed by atoms with Crippen molar-refractivity contribution < 1.29 is 24.9 Å². The van der Waals surface area contributed by atoms with Crippen LogP contribution in [0.4, 0.5) is 5.82 Å². The number of carboxylic acid groups (broad SMARTS) is 2. The van der Waals surface area contributed by atoms with Gasteiger partial charge in [0.05, 0.1) is 5.56 Å². The molecule has 0 unspecified atom stereocenters. The minimum absolute atomic E-state index is 0.0541. The van der Waals surface area contributed by atoms with Crippen LogP contribution in [0.1, 0.15) is 39.6 Å². The van der Waals surface area contributed by atoms with Gasteiger partial charge in [0, 0.05) is 19.3 Å². The number of hydrogen-bond acceptors (Lipinski definition) is 5. The fraction of sp³-hybridized carbons (Fsp3) is 0.174. The minimum Gasteiger partial charge on any atom is -0.508 e. The lowest BCUT2D eigenvalue weighted by Crippen LogP contribution is -2.26. The Kier molecular flexibility index (Phi) is 6.32. The summed E-state index contributed by atoms with van der Waals surface area (Å²) in [6.07, 6.45) is 2.31. The number of aromatic carboxylic acids is 2. The van der Waals surface area contributed by atoms with E-state index in [1.807, 2.05) is 11.8 Å². The van der Waals surface area contributed by atoms with Crippen LogP contribution in [-0.4, -0.2) is 38.8 Å². The van der Waals surface area contributed by atoms with Crippen molar-refractivity contribution in [2.45, 2.75) is 19.9 Å². The predicted molar refractivity (Wildman–Crippen MR) is 113 cm³/mol. The van der Waals surface area contributed by atoms with Gasteiger partial charge in [-0.05, 0) is 53.4 Å². The number of carbonyl (C=O) groups is 2. The lowest BCUT2D eigenvalue weighted by atomic mass is 9.97. The Hall–Kier alpha value is -3.87. The van der Waals surface area contributed by atoms with Crippen molar-refractivity contribution in [1.29, 1.82) is 0 Å². The third-order valence-electron chi connectivity index (χ3n) is 4.66. The van der Waals surface area contributed by atoms with Gasteiger partial charge in [-0.15, -0.1) is 0 Å². The number of anilines is 1. The predicted octanol–water partition coefficient (Wildman–Crippen LogP) is 4.27. The summed E-state index contributed by atoms with van der Waals surface area (Å²) in [5.74, 6) is -1.75. The molecule has 0 spiro atoms. The number of pyridine rings is 1. The fourth-order valence-corrected chi connectivity index (χ4v) is 3.36. The molecular weight excluding hydrogens is 384 g/mol. The molecule has 7 heteroatoms. The average molecular weight is 406 g/mol. The molecule has 7 nitrogen and oxygen atoms in total. The Bertz CT molecular complexity index is 1080. The zero-order valence-corrected chi connectivity index (χ0v) is 16.4. The second kappa shape index (κ2) is 9.09. The van der Waals surface area contributed by atoms with Crippen LogP contribution in [0.2, 0.25) is 0 Å². The van der Waals surface area contributed by atoms with E-state index in [-0.39, 0.29) is 16.9 Å². The summed E-state index contributed by atoms with van der Waals surface area (Å²) in [7, 11) is 0. The lowest BCUT2D eigenvalue weighted by molar-refractivity contribution is 0.0686. The maximum atomic E-state index is 11.9. The van der Waals surface area contributed by atoms with Crippen molar-refractivity contribution in [1.82, 2.24) is 4.98 Å². The maximum Gasteiger partial charge on any atom is 0.339 e. The molecule has 3 rings (SSSR count). The van der Waals surface area contributed by atoms with Gasteiger partial charge in [0.25, 0.3) is 0 Å². The Labute approximate surface area is 173 Å². The molecule has 30 heavy (non-hydrogen) atoms. The standard InChI is InChI=1S/C23H22N2O5/c1-2-11-25(21-19(22(27)28)7-4-10-24-21)14-15-8-9-18(20(12-15)23(29)30)16-5-3-6-17(26)13-16/h3-10,12-13,26H,2,11,14H2,1H3,(H,27,28)(H,29,30). The second-order valence-corrected chi connectivity index (χ2v) is 6.84. The molecule has 0 aliphatic heterocycles. The van der Waals surface area contributed by atoms with Crippen molar-refractivity contribution in [3.63, 3.8) is 0 Å². The largest absolute Gasteiger partial charge is 0.508 e. The molecule has 0 aliphatic rings. The summed E-state index contributed by atoms with van der Waals surface area (Å²) in [4.78, 5) is 29.6. The van der Waals surface area contributed by atoms with E-state index < -0.39 is 11.9 Å². The number of rotatable bonds is 8. The second-order valence-electron chi connectivity index (χ2n) is 6.84. The van der Waals surface area contributed by atoms with Crippen molar-refractivity contribution in [2.24, 2.45) is 0 Å². The first kappa shape index (κ1) is 20.9. The topological polar surface area (TPSA) is 111 Å². The van der Waals surface area contributed by atoms with E-state index in [1.54, 1.807) is 36.4 Å². The van der Waals surface area contributed by atoms with E-state index in [9.17, 15) is 24.9 Å². The van der Waals surface area contributed by atoms with Crippen molar-refractivity contribution in [2.75, 3.05) is 11.4 Å². The highest BCUT2D eigenvalue weighted by Gasteiger charge is 2.19. The number of aromatic nitrogens is 1. The van der Waals surface area contributed by atoms with Gasteiger partial charge < -0.3 is 20.2 Å². The van der Waals surface area contributed by atoms with Gasteiger partial charge >= 0.3 is 11.9 Å². The van der Waals surface area contributed by atoms with Crippen molar-refractivity contribution >= 4 is 17.8 Å². The molecule has 0 amide bonds. The van der Waals surface area contributed by atoms with E-state index in [0.717, 1.165) is 6.42 Å². The van der Waals surface area contributed by atoms with Crippen LogP contribution in [0.5, 0.6) is 5.75 Å². The number of benzene rings is 2. The molecule has 0 atom stereocenters. The average Bonchev–Trinajstić information content (AvgIpc) is 2.73. The third-order valence-corrected chi connectivity index (χ3v) is 4.66. The summed E-state index contributed by atoms with van der Waals surface area (Å²) in [5, 5.41) is 28.9. The molecular formula is C23H22N2O5. The van der Waals surface area contributed by atoms with Crippen LogP contribution in [0.25, 0.3) is 11.1 Å². The molecule has 0 aliphatic carbocycles.